The number of aromatic nitrogens is 4. The van der Waals surface area contributed by atoms with Gasteiger partial charge in [-0.2, -0.15) is 10.2 Å². The summed E-state index contributed by atoms with van der Waals surface area (Å²) in [6, 6.07) is 3.43. The Morgan fingerprint density at radius 2 is 2.25 bits per heavy atom. The molecule has 0 amide bonds. The molecule has 0 aliphatic carbocycles. The third-order valence-electron chi connectivity index (χ3n) is 4.51. The normalized spacial score (nSPS) is 30.4. The number of nitrogens with zero attached hydrogens (tertiary/aromatic N) is 3. The maximum Gasteiger partial charge on any atom is 0.272 e. The first-order chi connectivity index (χ1) is 11.4. The van der Waals surface area contributed by atoms with Gasteiger partial charge in [0.15, 0.2) is 6.23 Å². The number of hydrogen-bond acceptors (Lipinski definition) is 7. The van der Waals surface area contributed by atoms with Crippen molar-refractivity contribution < 1.29 is 20.1 Å². The first-order valence-corrected chi connectivity index (χ1v) is 7.45. The van der Waals surface area contributed by atoms with Crippen LogP contribution in [0.3, 0.4) is 0 Å². The number of H-pyrrole nitrogens is 1. The molecule has 126 valence electrons. The van der Waals surface area contributed by atoms with Gasteiger partial charge in [-0.25, -0.2) is 9.78 Å². The number of rotatable bonds is 2. The Hall–Kier alpha value is -2.33. The van der Waals surface area contributed by atoms with Crippen molar-refractivity contribution in [1.29, 1.82) is 0 Å². The lowest BCUT2D eigenvalue weighted by Gasteiger charge is -2.27. The van der Waals surface area contributed by atoms with Crippen LogP contribution < -0.4 is 5.56 Å². The lowest BCUT2D eigenvalue weighted by atomic mass is 9.97. The van der Waals surface area contributed by atoms with E-state index in [0.29, 0.717) is 16.3 Å². The Kier molecular flexibility index (Phi) is 3.22. The van der Waals surface area contributed by atoms with Gasteiger partial charge < -0.3 is 20.1 Å². The third kappa shape index (κ3) is 1.99. The molecule has 9 nitrogen and oxygen atoms in total. The number of aliphatic hydroxyl groups is 3. The lowest BCUT2D eigenvalue weighted by molar-refractivity contribution is -0.102. The molecule has 1 aromatic carbocycles. The molecular weight excluding hydrogens is 316 g/mol. The van der Waals surface area contributed by atoms with Crippen molar-refractivity contribution in [3.05, 3.63) is 34.9 Å². The molecule has 4 atom stereocenters. The molecule has 1 saturated heterocycles. The van der Waals surface area contributed by atoms with Crippen LogP contribution in [0.25, 0.3) is 21.7 Å². The second kappa shape index (κ2) is 5.08. The average molecular weight is 332 g/mol. The standard InChI is InChI=1S/C15H16N4O5/c1-15(23)12(21)10(6-20)24-14(15)19-5-7-2-3-8-11(7)9(18-19)4-16-17-13(8)22/h2-5,10,12,14,20-21,23H,6H2,1H3,(H,17,22)/t10-,12-,14-,15-/m1/s1. The van der Waals surface area contributed by atoms with E-state index in [9.17, 15) is 20.1 Å². The summed E-state index contributed by atoms with van der Waals surface area (Å²) in [5.41, 5.74) is -1.52. The van der Waals surface area contributed by atoms with E-state index < -0.39 is 30.6 Å². The molecule has 0 unspecified atom stereocenters. The van der Waals surface area contributed by atoms with Crippen LogP contribution in [0.2, 0.25) is 0 Å². The highest BCUT2D eigenvalue weighted by molar-refractivity contribution is 6.08. The monoisotopic (exact) mass is 332 g/mol. The molecule has 2 aromatic heterocycles. The summed E-state index contributed by atoms with van der Waals surface area (Å²) in [6.45, 7) is 0.994. The Balaban J connectivity index is 1.93. The summed E-state index contributed by atoms with van der Waals surface area (Å²) in [4.78, 5) is 11.9. The Bertz CT molecular complexity index is 979. The van der Waals surface area contributed by atoms with Crippen LogP contribution >= 0.6 is 0 Å². The molecular formula is C15H16N4O5. The first-order valence-electron chi connectivity index (χ1n) is 7.45. The van der Waals surface area contributed by atoms with Gasteiger partial charge in [-0.1, -0.05) is 6.07 Å². The van der Waals surface area contributed by atoms with Crippen LogP contribution in [0.1, 0.15) is 13.2 Å². The predicted octanol–water partition coefficient (Wildman–Crippen LogP) is -0.726. The van der Waals surface area contributed by atoms with Gasteiger partial charge in [0.1, 0.15) is 23.3 Å². The van der Waals surface area contributed by atoms with Gasteiger partial charge >= 0.3 is 0 Å². The van der Waals surface area contributed by atoms with Crippen molar-refractivity contribution in [1.82, 2.24) is 20.0 Å². The second-order valence-electron chi connectivity index (χ2n) is 6.15. The van der Waals surface area contributed by atoms with E-state index in [4.69, 9.17) is 4.74 Å². The summed E-state index contributed by atoms with van der Waals surface area (Å²) in [6.07, 6.45) is -0.133. The van der Waals surface area contributed by atoms with E-state index >= 15 is 0 Å². The summed E-state index contributed by atoms with van der Waals surface area (Å²) in [7, 11) is 0. The molecule has 3 aromatic rings. The van der Waals surface area contributed by atoms with Crippen molar-refractivity contribution in [3.8, 4) is 0 Å². The highest BCUT2D eigenvalue weighted by atomic mass is 16.6. The van der Waals surface area contributed by atoms with Crippen molar-refractivity contribution in [2.45, 2.75) is 31.0 Å². The SMILES string of the molecule is C[C@@]1(O)[C@H](O)[C@@H](CO)O[C@H]1n1cc2ccc3c(=O)[nH]ncc(n1)c23. The van der Waals surface area contributed by atoms with E-state index in [-0.39, 0.29) is 5.56 Å². The largest absolute Gasteiger partial charge is 0.394 e. The van der Waals surface area contributed by atoms with Crippen LogP contribution in [-0.2, 0) is 4.74 Å². The minimum atomic E-state index is -1.64. The highest BCUT2D eigenvalue weighted by Crippen LogP contribution is 2.38. The van der Waals surface area contributed by atoms with Crippen LogP contribution in [0.4, 0.5) is 0 Å². The molecule has 1 aliphatic heterocycles. The number of aliphatic hydroxyl groups excluding tert-OH is 2. The lowest BCUT2D eigenvalue weighted by Crippen LogP contribution is -2.44. The molecule has 4 N–H and O–H groups in total. The number of ether oxygens (including phenoxy) is 1. The minimum absolute atomic E-state index is 0.320. The number of hydrogen-bond donors (Lipinski definition) is 4. The zero-order valence-corrected chi connectivity index (χ0v) is 12.7. The van der Waals surface area contributed by atoms with E-state index in [1.54, 1.807) is 18.3 Å². The van der Waals surface area contributed by atoms with E-state index in [2.05, 4.69) is 15.3 Å². The fraction of sp³-hybridized carbons (Fsp3) is 0.400. The molecule has 24 heavy (non-hydrogen) atoms. The fourth-order valence-electron chi connectivity index (χ4n) is 3.22. The Labute approximate surface area is 135 Å². The van der Waals surface area contributed by atoms with Gasteiger partial charge in [0, 0.05) is 17.0 Å². The predicted molar refractivity (Wildman–Crippen MR) is 83.3 cm³/mol. The maximum absolute atomic E-state index is 11.9. The van der Waals surface area contributed by atoms with Gasteiger partial charge in [0.25, 0.3) is 5.56 Å². The zero-order chi connectivity index (χ0) is 17.1. The number of aromatic amines is 1. The van der Waals surface area contributed by atoms with Gasteiger partial charge in [0.2, 0.25) is 0 Å². The molecule has 0 spiro atoms. The highest BCUT2D eigenvalue weighted by Gasteiger charge is 2.53. The van der Waals surface area contributed by atoms with E-state index in [1.165, 1.54) is 17.8 Å². The summed E-state index contributed by atoms with van der Waals surface area (Å²) in [5.74, 6) is 0. The molecule has 0 saturated carbocycles. The molecule has 0 radical (unpaired) electrons. The van der Waals surface area contributed by atoms with Gasteiger partial charge in [-0.05, 0) is 13.0 Å². The zero-order valence-electron chi connectivity index (χ0n) is 12.7. The minimum Gasteiger partial charge on any atom is -0.394 e. The maximum atomic E-state index is 11.9. The van der Waals surface area contributed by atoms with E-state index in [0.717, 1.165) is 5.39 Å². The number of nitrogens with one attached hydrogen (secondary N) is 1. The molecule has 1 fully saturated rings. The van der Waals surface area contributed by atoms with Gasteiger partial charge in [-0.3, -0.25) is 4.79 Å². The average Bonchev–Trinajstić information content (AvgIpc) is 3.01. The van der Waals surface area contributed by atoms with Crippen LogP contribution in [0.5, 0.6) is 0 Å². The Morgan fingerprint density at radius 3 is 2.96 bits per heavy atom. The molecule has 1 aliphatic rings. The Morgan fingerprint density at radius 1 is 1.46 bits per heavy atom. The van der Waals surface area contributed by atoms with Crippen molar-refractivity contribution in [2.75, 3.05) is 6.61 Å². The first kappa shape index (κ1) is 15.2. The summed E-state index contributed by atoms with van der Waals surface area (Å²) >= 11 is 0. The van der Waals surface area contributed by atoms with Crippen LogP contribution in [-0.4, -0.2) is 59.7 Å². The summed E-state index contributed by atoms with van der Waals surface area (Å²) in [5, 5.41) is 42.4. The molecule has 4 rings (SSSR count). The second-order valence-corrected chi connectivity index (χ2v) is 6.15. The van der Waals surface area contributed by atoms with Gasteiger partial charge in [0.05, 0.1) is 18.2 Å². The summed E-state index contributed by atoms with van der Waals surface area (Å²) < 4.78 is 6.95. The smallest absolute Gasteiger partial charge is 0.272 e. The fourth-order valence-corrected chi connectivity index (χ4v) is 3.22. The quantitative estimate of drug-likeness (QED) is 0.486. The molecule has 0 bridgehead atoms. The van der Waals surface area contributed by atoms with Crippen molar-refractivity contribution >= 4 is 21.7 Å². The van der Waals surface area contributed by atoms with Crippen LogP contribution in [0.15, 0.2) is 29.3 Å². The van der Waals surface area contributed by atoms with Crippen molar-refractivity contribution in [3.63, 3.8) is 0 Å². The third-order valence-corrected chi connectivity index (χ3v) is 4.51. The molecule has 3 heterocycles. The van der Waals surface area contributed by atoms with Crippen molar-refractivity contribution in [2.24, 2.45) is 0 Å². The van der Waals surface area contributed by atoms with Gasteiger partial charge in [-0.15, -0.1) is 0 Å². The topological polar surface area (TPSA) is 133 Å². The van der Waals surface area contributed by atoms with E-state index in [1.807, 2.05) is 0 Å². The van der Waals surface area contributed by atoms with Crippen LogP contribution in [0, 0.1) is 0 Å². The molecule has 9 heteroatoms.